The van der Waals surface area contributed by atoms with Crippen molar-refractivity contribution in [3.63, 3.8) is 0 Å². The molecular weight excluding hydrogens is 320 g/mol. The summed E-state index contributed by atoms with van der Waals surface area (Å²) in [6.07, 6.45) is 4.74. The number of aromatic nitrogens is 1. The van der Waals surface area contributed by atoms with Crippen molar-refractivity contribution in [2.75, 3.05) is 0 Å². The smallest absolute Gasteiger partial charge is 0.254 e. The Morgan fingerprint density at radius 2 is 1.69 bits per heavy atom. The Balaban J connectivity index is 1.68. The number of hydrogen-bond acceptors (Lipinski definition) is 2. The molecule has 3 aromatic rings. The van der Waals surface area contributed by atoms with Gasteiger partial charge in [0.05, 0.1) is 0 Å². The predicted octanol–water partition coefficient (Wildman–Crippen LogP) is 5.17. The molecule has 0 aliphatic carbocycles. The first-order valence-corrected chi connectivity index (χ1v) is 9.12. The first kappa shape index (κ1) is 16.5. The average molecular weight is 342 g/mol. The standard InChI is InChI=1S/C23H22N2O/c1-3-16(2)25-15-21-11-18(9-10-22(21)23(25)26)20-12-19(13-24-14-20)17-7-5-4-6-8-17/h4-14,16H,3,15H2,1-2H3. The van der Waals surface area contributed by atoms with Crippen molar-refractivity contribution in [1.29, 1.82) is 0 Å². The summed E-state index contributed by atoms with van der Waals surface area (Å²) in [7, 11) is 0. The summed E-state index contributed by atoms with van der Waals surface area (Å²) in [6.45, 7) is 4.92. The topological polar surface area (TPSA) is 33.2 Å². The summed E-state index contributed by atoms with van der Waals surface area (Å²) in [6, 6.07) is 18.8. The van der Waals surface area contributed by atoms with Crippen LogP contribution in [-0.4, -0.2) is 21.8 Å². The van der Waals surface area contributed by atoms with Gasteiger partial charge in [0.2, 0.25) is 0 Å². The minimum atomic E-state index is 0.150. The molecule has 0 N–H and O–H groups in total. The van der Waals surface area contributed by atoms with Crippen molar-refractivity contribution in [3.05, 3.63) is 78.1 Å². The molecule has 3 nitrogen and oxygen atoms in total. The molecule has 0 spiro atoms. The van der Waals surface area contributed by atoms with Gasteiger partial charge in [0.25, 0.3) is 5.91 Å². The van der Waals surface area contributed by atoms with Crippen LogP contribution in [-0.2, 0) is 6.54 Å². The van der Waals surface area contributed by atoms with Gasteiger partial charge < -0.3 is 4.90 Å². The van der Waals surface area contributed by atoms with Crippen molar-refractivity contribution < 1.29 is 4.79 Å². The molecule has 1 amide bonds. The van der Waals surface area contributed by atoms with E-state index in [1.54, 1.807) is 0 Å². The second-order valence-corrected chi connectivity index (χ2v) is 6.89. The minimum absolute atomic E-state index is 0.150. The molecule has 0 saturated carbocycles. The molecule has 4 rings (SSSR count). The van der Waals surface area contributed by atoms with Crippen LogP contribution in [0.25, 0.3) is 22.3 Å². The zero-order valence-electron chi connectivity index (χ0n) is 15.1. The molecule has 0 fully saturated rings. The third-order valence-electron chi connectivity index (χ3n) is 5.24. The monoisotopic (exact) mass is 342 g/mol. The third kappa shape index (κ3) is 2.90. The zero-order chi connectivity index (χ0) is 18.1. The summed E-state index contributed by atoms with van der Waals surface area (Å²) in [5.41, 5.74) is 6.37. The van der Waals surface area contributed by atoms with Gasteiger partial charge in [0, 0.05) is 41.7 Å². The lowest BCUT2D eigenvalue weighted by atomic mass is 9.99. The predicted molar refractivity (Wildman–Crippen MR) is 105 cm³/mol. The van der Waals surface area contributed by atoms with Crippen LogP contribution in [0, 0.1) is 0 Å². The normalized spacial score (nSPS) is 14.4. The fourth-order valence-electron chi connectivity index (χ4n) is 3.49. The van der Waals surface area contributed by atoms with Crippen molar-refractivity contribution in [1.82, 2.24) is 9.88 Å². The van der Waals surface area contributed by atoms with Crippen molar-refractivity contribution >= 4 is 5.91 Å². The van der Waals surface area contributed by atoms with Crippen LogP contribution in [0.15, 0.2) is 67.0 Å². The molecule has 1 unspecified atom stereocenters. The van der Waals surface area contributed by atoms with Crippen LogP contribution >= 0.6 is 0 Å². The molecule has 2 aromatic carbocycles. The molecule has 2 heterocycles. The van der Waals surface area contributed by atoms with Crippen LogP contribution in [0.4, 0.5) is 0 Å². The summed E-state index contributed by atoms with van der Waals surface area (Å²) in [5.74, 6) is 0.150. The zero-order valence-corrected chi connectivity index (χ0v) is 15.1. The molecule has 3 heteroatoms. The Hall–Kier alpha value is -2.94. The first-order valence-electron chi connectivity index (χ1n) is 9.12. The number of hydrogen-bond donors (Lipinski definition) is 0. The number of nitrogens with zero attached hydrogens (tertiary/aromatic N) is 2. The molecule has 1 aliphatic heterocycles. The largest absolute Gasteiger partial charge is 0.332 e. The van der Waals surface area contributed by atoms with Gasteiger partial charge in [-0.05, 0) is 48.2 Å². The number of fused-ring (bicyclic) bond motifs is 1. The van der Waals surface area contributed by atoms with Gasteiger partial charge in [-0.1, -0.05) is 43.3 Å². The van der Waals surface area contributed by atoms with E-state index in [4.69, 9.17) is 0 Å². The highest BCUT2D eigenvalue weighted by molar-refractivity contribution is 5.99. The highest BCUT2D eigenvalue weighted by Gasteiger charge is 2.30. The minimum Gasteiger partial charge on any atom is -0.332 e. The van der Waals surface area contributed by atoms with Gasteiger partial charge >= 0.3 is 0 Å². The van der Waals surface area contributed by atoms with Crippen molar-refractivity contribution in [3.8, 4) is 22.3 Å². The Morgan fingerprint density at radius 1 is 0.962 bits per heavy atom. The number of rotatable bonds is 4. The number of carbonyl (C=O) groups is 1. The van der Waals surface area contributed by atoms with Gasteiger partial charge in [-0.15, -0.1) is 0 Å². The number of pyridine rings is 1. The maximum absolute atomic E-state index is 12.6. The summed E-state index contributed by atoms with van der Waals surface area (Å²) < 4.78 is 0. The maximum atomic E-state index is 12.6. The molecule has 0 bridgehead atoms. The molecule has 1 aromatic heterocycles. The second kappa shape index (κ2) is 6.75. The van der Waals surface area contributed by atoms with Gasteiger partial charge in [-0.25, -0.2) is 0 Å². The van der Waals surface area contributed by atoms with Crippen LogP contribution < -0.4 is 0 Å². The van der Waals surface area contributed by atoms with Crippen molar-refractivity contribution in [2.24, 2.45) is 0 Å². The Labute approximate surface area is 154 Å². The highest BCUT2D eigenvalue weighted by Crippen LogP contribution is 2.31. The fourth-order valence-corrected chi connectivity index (χ4v) is 3.49. The maximum Gasteiger partial charge on any atom is 0.254 e. The molecule has 26 heavy (non-hydrogen) atoms. The van der Waals surface area contributed by atoms with E-state index < -0.39 is 0 Å². The van der Waals surface area contributed by atoms with E-state index in [1.165, 1.54) is 0 Å². The Morgan fingerprint density at radius 3 is 2.42 bits per heavy atom. The second-order valence-electron chi connectivity index (χ2n) is 6.89. The molecular formula is C23H22N2O. The summed E-state index contributed by atoms with van der Waals surface area (Å²) >= 11 is 0. The van der Waals surface area contributed by atoms with Crippen LogP contribution in [0.5, 0.6) is 0 Å². The molecule has 1 atom stereocenters. The van der Waals surface area contributed by atoms with E-state index in [1.807, 2.05) is 47.6 Å². The SMILES string of the molecule is CCC(C)N1Cc2cc(-c3cncc(-c4ccccc4)c3)ccc2C1=O. The van der Waals surface area contributed by atoms with E-state index in [2.05, 4.69) is 43.1 Å². The summed E-state index contributed by atoms with van der Waals surface area (Å²) in [5, 5.41) is 0. The third-order valence-corrected chi connectivity index (χ3v) is 5.24. The van der Waals surface area contributed by atoms with Gasteiger partial charge in [0.15, 0.2) is 0 Å². The van der Waals surface area contributed by atoms with E-state index in [0.29, 0.717) is 6.54 Å². The lowest BCUT2D eigenvalue weighted by Gasteiger charge is -2.22. The molecule has 0 saturated heterocycles. The van der Waals surface area contributed by atoms with Crippen LogP contribution in [0.1, 0.15) is 36.2 Å². The van der Waals surface area contributed by atoms with Gasteiger partial charge in [-0.2, -0.15) is 0 Å². The first-order chi connectivity index (χ1) is 12.7. The van der Waals surface area contributed by atoms with Gasteiger partial charge in [-0.3, -0.25) is 9.78 Å². The van der Waals surface area contributed by atoms with E-state index >= 15 is 0 Å². The Kier molecular flexibility index (Phi) is 4.29. The Bertz CT molecular complexity index is 949. The fraction of sp³-hybridized carbons (Fsp3) is 0.217. The highest BCUT2D eigenvalue weighted by atomic mass is 16.2. The van der Waals surface area contributed by atoms with Gasteiger partial charge in [0.1, 0.15) is 0 Å². The van der Waals surface area contributed by atoms with E-state index in [9.17, 15) is 4.79 Å². The lowest BCUT2D eigenvalue weighted by molar-refractivity contribution is 0.0713. The summed E-state index contributed by atoms with van der Waals surface area (Å²) in [4.78, 5) is 19.0. The molecule has 0 radical (unpaired) electrons. The number of amides is 1. The molecule has 1 aliphatic rings. The number of benzene rings is 2. The van der Waals surface area contributed by atoms with E-state index in [0.717, 1.165) is 39.8 Å². The van der Waals surface area contributed by atoms with Crippen LogP contribution in [0.2, 0.25) is 0 Å². The molecule has 130 valence electrons. The number of carbonyl (C=O) groups excluding carboxylic acids is 1. The van der Waals surface area contributed by atoms with E-state index in [-0.39, 0.29) is 11.9 Å². The quantitative estimate of drug-likeness (QED) is 0.655. The van der Waals surface area contributed by atoms with Crippen LogP contribution in [0.3, 0.4) is 0 Å². The average Bonchev–Trinajstić information content (AvgIpc) is 3.04. The van der Waals surface area contributed by atoms with Crippen molar-refractivity contribution in [2.45, 2.75) is 32.9 Å². The lowest BCUT2D eigenvalue weighted by Crippen LogP contribution is -2.32.